The average Bonchev–Trinajstić information content (AvgIpc) is 2.73. The Morgan fingerprint density at radius 1 is 0.731 bits per heavy atom. The van der Waals surface area contributed by atoms with Crippen LogP contribution in [-0.4, -0.2) is 17.8 Å². The fourth-order valence-corrected chi connectivity index (χ4v) is 3.32. The Labute approximate surface area is 156 Å². The molecule has 1 N–H and O–H groups in total. The molecule has 3 rings (SSSR count). The first kappa shape index (κ1) is 18.4. The summed E-state index contributed by atoms with van der Waals surface area (Å²) in [6.45, 7) is 2.47. The number of aliphatic hydroxyl groups excluding tert-OH is 1. The summed E-state index contributed by atoms with van der Waals surface area (Å²) in [5, 5.41) is 9.99. The molecule has 3 aromatic rings. The van der Waals surface area contributed by atoms with Crippen LogP contribution >= 0.6 is 0 Å². The van der Waals surface area contributed by atoms with Gasteiger partial charge in [-0.3, -0.25) is 0 Å². The van der Waals surface area contributed by atoms with Gasteiger partial charge in [0.05, 0.1) is 12.7 Å². The SMILES string of the molecule is CC[C@H](O)CCOC(c1ccccc1)(c1ccccc1)c1ccccc1. The molecule has 0 aliphatic rings. The molecular formula is C24H26O2. The number of benzene rings is 3. The largest absolute Gasteiger partial charge is 0.393 e. The van der Waals surface area contributed by atoms with E-state index in [4.69, 9.17) is 4.74 Å². The maximum absolute atomic E-state index is 9.99. The maximum Gasteiger partial charge on any atom is 0.143 e. The van der Waals surface area contributed by atoms with Crippen molar-refractivity contribution in [1.82, 2.24) is 0 Å². The van der Waals surface area contributed by atoms with Crippen LogP contribution in [0.2, 0.25) is 0 Å². The van der Waals surface area contributed by atoms with Crippen LogP contribution in [0.3, 0.4) is 0 Å². The zero-order valence-corrected chi connectivity index (χ0v) is 15.2. The van der Waals surface area contributed by atoms with Crippen molar-refractivity contribution in [2.75, 3.05) is 6.61 Å². The molecule has 3 aromatic carbocycles. The van der Waals surface area contributed by atoms with Gasteiger partial charge in [0.25, 0.3) is 0 Å². The minimum absolute atomic E-state index is 0.338. The Balaban J connectivity index is 2.11. The van der Waals surface area contributed by atoms with E-state index >= 15 is 0 Å². The van der Waals surface area contributed by atoms with Crippen LogP contribution in [0, 0.1) is 0 Å². The molecule has 0 unspecified atom stereocenters. The fraction of sp³-hybridized carbons (Fsp3) is 0.250. The van der Waals surface area contributed by atoms with Crippen molar-refractivity contribution >= 4 is 0 Å². The highest BCUT2D eigenvalue weighted by Crippen LogP contribution is 2.40. The first-order valence-electron chi connectivity index (χ1n) is 9.26. The van der Waals surface area contributed by atoms with Gasteiger partial charge in [-0.15, -0.1) is 0 Å². The Kier molecular flexibility index (Phi) is 6.21. The average molecular weight is 346 g/mol. The molecule has 0 aliphatic carbocycles. The summed E-state index contributed by atoms with van der Waals surface area (Å²) >= 11 is 0. The molecule has 1 atom stereocenters. The third kappa shape index (κ3) is 3.87. The molecule has 2 nitrogen and oxygen atoms in total. The highest BCUT2D eigenvalue weighted by Gasteiger charge is 2.37. The van der Waals surface area contributed by atoms with Gasteiger partial charge in [0.15, 0.2) is 0 Å². The minimum Gasteiger partial charge on any atom is -0.393 e. The molecule has 0 saturated heterocycles. The Bertz CT molecular complexity index is 672. The summed E-state index contributed by atoms with van der Waals surface area (Å²) in [4.78, 5) is 0. The second kappa shape index (κ2) is 8.79. The van der Waals surface area contributed by atoms with E-state index in [1.807, 2.05) is 61.5 Å². The van der Waals surface area contributed by atoms with Crippen LogP contribution in [0.4, 0.5) is 0 Å². The van der Waals surface area contributed by atoms with Crippen LogP contribution in [0.1, 0.15) is 36.5 Å². The van der Waals surface area contributed by atoms with E-state index in [1.54, 1.807) is 0 Å². The van der Waals surface area contributed by atoms with Gasteiger partial charge in [-0.25, -0.2) is 0 Å². The molecule has 0 saturated carbocycles. The number of rotatable bonds is 8. The standard InChI is InChI=1S/C24H26O2/c1-2-23(25)18-19-26-24(20-12-6-3-7-13-20,21-14-8-4-9-15-21)22-16-10-5-11-17-22/h3-17,23,25H,2,18-19H2,1H3/t23-/m0/s1. The second-order valence-electron chi connectivity index (χ2n) is 6.48. The summed E-state index contributed by atoms with van der Waals surface area (Å²) in [5.41, 5.74) is 2.56. The topological polar surface area (TPSA) is 29.5 Å². The van der Waals surface area contributed by atoms with Crippen LogP contribution < -0.4 is 0 Å². The Morgan fingerprint density at radius 3 is 1.46 bits per heavy atom. The van der Waals surface area contributed by atoms with Gasteiger partial charge in [0.1, 0.15) is 5.60 Å². The summed E-state index contributed by atoms with van der Waals surface area (Å²) in [6.07, 6.45) is 1.01. The molecule has 0 fully saturated rings. The molecule has 0 radical (unpaired) electrons. The molecule has 0 bridgehead atoms. The number of ether oxygens (including phenoxy) is 1. The van der Waals surface area contributed by atoms with Gasteiger partial charge < -0.3 is 9.84 Å². The summed E-state index contributed by atoms with van der Waals surface area (Å²) in [6, 6.07) is 31.0. The van der Waals surface area contributed by atoms with E-state index in [1.165, 1.54) is 0 Å². The molecular weight excluding hydrogens is 320 g/mol. The highest BCUT2D eigenvalue weighted by molar-refractivity contribution is 5.47. The molecule has 134 valence electrons. The first-order valence-corrected chi connectivity index (χ1v) is 9.26. The van der Waals surface area contributed by atoms with Crippen LogP contribution in [0.5, 0.6) is 0 Å². The van der Waals surface area contributed by atoms with Crippen LogP contribution in [0.15, 0.2) is 91.0 Å². The van der Waals surface area contributed by atoms with Gasteiger partial charge >= 0.3 is 0 Å². The van der Waals surface area contributed by atoms with Crippen molar-refractivity contribution in [1.29, 1.82) is 0 Å². The van der Waals surface area contributed by atoms with E-state index in [2.05, 4.69) is 36.4 Å². The highest BCUT2D eigenvalue weighted by atomic mass is 16.5. The molecule has 2 heteroatoms. The molecule has 0 aromatic heterocycles. The molecule has 0 spiro atoms. The lowest BCUT2D eigenvalue weighted by molar-refractivity contribution is -0.00568. The van der Waals surface area contributed by atoms with Crippen LogP contribution in [0.25, 0.3) is 0 Å². The number of aliphatic hydroxyl groups is 1. The Hall–Kier alpha value is -2.42. The maximum atomic E-state index is 9.99. The molecule has 26 heavy (non-hydrogen) atoms. The minimum atomic E-state index is -0.697. The van der Waals surface area contributed by atoms with Crippen molar-refractivity contribution < 1.29 is 9.84 Å². The number of hydrogen-bond acceptors (Lipinski definition) is 2. The zero-order valence-electron chi connectivity index (χ0n) is 15.2. The van der Waals surface area contributed by atoms with E-state index in [0.717, 1.165) is 23.1 Å². The fourth-order valence-electron chi connectivity index (χ4n) is 3.32. The van der Waals surface area contributed by atoms with Crippen molar-refractivity contribution in [2.24, 2.45) is 0 Å². The molecule has 0 aliphatic heterocycles. The van der Waals surface area contributed by atoms with E-state index < -0.39 is 5.60 Å². The van der Waals surface area contributed by atoms with E-state index in [9.17, 15) is 5.11 Å². The predicted octanol–water partition coefficient (Wildman–Crippen LogP) is 5.16. The zero-order chi connectivity index (χ0) is 18.2. The third-order valence-corrected chi connectivity index (χ3v) is 4.78. The van der Waals surface area contributed by atoms with Crippen molar-refractivity contribution in [3.05, 3.63) is 108 Å². The summed E-state index contributed by atoms with van der Waals surface area (Å²) in [7, 11) is 0. The third-order valence-electron chi connectivity index (χ3n) is 4.78. The second-order valence-corrected chi connectivity index (χ2v) is 6.48. The van der Waals surface area contributed by atoms with Gasteiger partial charge in [0.2, 0.25) is 0 Å². The lowest BCUT2D eigenvalue weighted by atomic mass is 9.80. The van der Waals surface area contributed by atoms with E-state index in [0.29, 0.717) is 13.0 Å². The molecule has 0 amide bonds. The predicted molar refractivity (Wildman–Crippen MR) is 106 cm³/mol. The monoisotopic (exact) mass is 346 g/mol. The Morgan fingerprint density at radius 2 is 1.12 bits per heavy atom. The lowest BCUT2D eigenvalue weighted by Gasteiger charge is -2.36. The first-order chi connectivity index (χ1) is 12.8. The van der Waals surface area contributed by atoms with Crippen molar-refractivity contribution in [3.63, 3.8) is 0 Å². The van der Waals surface area contributed by atoms with Gasteiger partial charge in [-0.2, -0.15) is 0 Å². The van der Waals surface area contributed by atoms with Crippen molar-refractivity contribution in [3.8, 4) is 0 Å². The van der Waals surface area contributed by atoms with Gasteiger partial charge in [0, 0.05) is 0 Å². The van der Waals surface area contributed by atoms with Gasteiger partial charge in [-0.1, -0.05) is 97.9 Å². The van der Waals surface area contributed by atoms with Crippen LogP contribution in [-0.2, 0) is 10.3 Å². The van der Waals surface area contributed by atoms with E-state index in [-0.39, 0.29) is 6.10 Å². The van der Waals surface area contributed by atoms with Gasteiger partial charge in [-0.05, 0) is 29.5 Å². The molecule has 0 heterocycles. The normalized spacial score (nSPS) is 12.7. The smallest absolute Gasteiger partial charge is 0.143 e. The summed E-state index contributed by atoms with van der Waals surface area (Å²) < 4.78 is 6.60. The van der Waals surface area contributed by atoms with Crippen molar-refractivity contribution in [2.45, 2.75) is 31.5 Å². The summed E-state index contributed by atoms with van der Waals surface area (Å²) in [5.74, 6) is 0. The quantitative estimate of drug-likeness (QED) is 0.571. The lowest BCUT2D eigenvalue weighted by Crippen LogP contribution is -2.34. The number of hydrogen-bond donors (Lipinski definition) is 1.